The lowest BCUT2D eigenvalue weighted by Gasteiger charge is -2.26. The number of hydrogen-bond donors (Lipinski definition) is 1. The van der Waals surface area contributed by atoms with Crippen LogP contribution in [-0.4, -0.2) is 28.9 Å². The van der Waals surface area contributed by atoms with Crippen molar-refractivity contribution in [3.05, 3.63) is 83.7 Å². The summed E-state index contributed by atoms with van der Waals surface area (Å²) in [6, 6.07) is 19.8. The highest BCUT2D eigenvalue weighted by Crippen LogP contribution is 2.32. The summed E-state index contributed by atoms with van der Waals surface area (Å²) in [5, 5.41) is 4.02. The van der Waals surface area contributed by atoms with Crippen LogP contribution in [0.3, 0.4) is 0 Å². The molecule has 0 spiro atoms. The fraction of sp³-hybridized carbons (Fsp3) is 0.217. The molecular formula is C23H23N3O3S. The molecular weight excluding hydrogens is 398 g/mol. The van der Waals surface area contributed by atoms with Gasteiger partial charge in [0.05, 0.1) is 19.3 Å². The lowest BCUT2D eigenvalue weighted by Crippen LogP contribution is -2.38. The second-order valence-electron chi connectivity index (χ2n) is 6.87. The maximum Gasteiger partial charge on any atom is 0.231 e. The molecule has 4 rings (SSSR count). The molecule has 0 unspecified atom stereocenters. The third-order valence-corrected chi connectivity index (χ3v) is 5.18. The summed E-state index contributed by atoms with van der Waals surface area (Å²) in [6.45, 7) is 2.12. The highest BCUT2D eigenvalue weighted by Gasteiger charge is 2.16. The molecule has 3 aromatic rings. The minimum absolute atomic E-state index is 0.262. The van der Waals surface area contributed by atoms with Gasteiger partial charge in [0.1, 0.15) is 5.75 Å². The van der Waals surface area contributed by atoms with Gasteiger partial charge in [0.15, 0.2) is 16.6 Å². The van der Waals surface area contributed by atoms with E-state index in [1.165, 1.54) is 0 Å². The quantitative estimate of drug-likeness (QED) is 0.581. The Morgan fingerprint density at radius 1 is 1.03 bits per heavy atom. The number of pyridine rings is 1. The van der Waals surface area contributed by atoms with Gasteiger partial charge in [0, 0.05) is 19.3 Å². The Kier molecular flexibility index (Phi) is 6.29. The average Bonchev–Trinajstić information content (AvgIpc) is 3.26. The first kappa shape index (κ1) is 20.0. The van der Waals surface area contributed by atoms with Crippen molar-refractivity contribution in [3.8, 4) is 17.2 Å². The first-order chi connectivity index (χ1) is 14.7. The topological polar surface area (TPSA) is 55.9 Å². The predicted molar refractivity (Wildman–Crippen MR) is 118 cm³/mol. The Bertz CT molecular complexity index is 996. The van der Waals surface area contributed by atoms with E-state index in [1.807, 2.05) is 60.7 Å². The van der Waals surface area contributed by atoms with E-state index in [1.54, 1.807) is 13.3 Å². The highest BCUT2D eigenvalue weighted by atomic mass is 32.1. The lowest BCUT2D eigenvalue weighted by atomic mass is 10.2. The van der Waals surface area contributed by atoms with Crippen molar-refractivity contribution in [2.75, 3.05) is 13.9 Å². The molecule has 2 aromatic carbocycles. The lowest BCUT2D eigenvalue weighted by molar-refractivity contribution is 0.174. The molecule has 30 heavy (non-hydrogen) atoms. The molecule has 2 heterocycles. The number of fused-ring (bicyclic) bond motifs is 1. The molecule has 0 bridgehead atoms. The standard InChI is InChI=1S/C23H23N3O3S/c1-27-20-8-5-17(6-9-20)13-25-23(30)26(15-19-4-2-3-11-24-19)14-18-7-10-21-22(12-18)29-16-28-21/h2-12H,13-16H2,1H3,(H,25,30). The first-order valence-corrected chi connectivity index (χ1v) is 10.1. The van der Waals surface area contributed by atoms with Gasteiger partial charge in [-0.3, -0.25) is 4.98 Å². The number of hydrogen-bond acceptors (Lipinski definition) is 5. The van der Waals surface area contributed by atoms with Crippen molar-refractivity contribution in [2.45, 2.75) is 19.6 Å². The van der Waals surface area contributed by atoms with Gasteiger partial charge in [-0.05, 0) is 59.7 Å². The fourth-order valence-electron chi connectivity index (χ4n) is 3.18. The van der Waals surface area contributed by atoms with Crippen LogP contribution in [0.25, 0.3) is 0 Å². The highest BCUT2D eigenvalue weighted by molar-refractivity contribution is 7.80. The third-order valence-electron chi connectivity index (χ3n) is 4.78. The minimum atomic E-state index is 0.262. The predicted octanol–water partition coefficient (Wildman–Crippen LogP) is 3.90. The number of benzene rings is 2. The van der Waals surface area contributed by atoms with Crippen molar-refractivity contribution in [3.63, 3.8) is 0 Å². The zero-order valence-corrected chi connectivity index (χ0v) is 17.5. The van der Waals surface area contributed by atoms with Crippen LogP contribution in [0.5, 0.6) is 17.2 Å². The molecule has 154 valence electrons. The van der Waals surface area contributed by atoms with Crippen LogP contribution < -0.4 is 19.5 Å². The molecule has 0 amide bonds. The number of methoxy groups -OCH3 is 1. The van der Waals surface area contributed by atoms with Crippen molar-refractivity contribution >= 4 is 17.3 Å². The smallest absolute Gasteiger partial charge is 0.231 e. The van der Waals surface area contributed by atoms with Crippen molar-refractivity contribution in [1.82, 2.24) is 15.2 Å². The van der Waals surface area contributed by atoms with Gasteiger partial charge in [-0.1, -0.05) is 24.3 Å². The summed E-state index contributed by atoms with van der Waals surface area (Å²) in [4.78, 5) is 6.55. The number of ether oxygens (including phenoxy) is 3. The van der Waals surface area contributed by atoms with E-state index in [-0.39, 0.29) is 6.79 Å². The Hall–Kier alpha value is -3.32. The number of aromatic nitrogens is 1. The van der Waals surface area contributed by atoms with E-state index in [0.29, 0.717) is 24.7 Å². The molecule has 6 nitrogen and oxygen atoms in total. The Morgan fingerprint density at radius 2 is 1.83 bits per heavy atom. The monoisotopic (exact) mass is 421 g/mol. The zero-order chi connectivity index (χ0) is 20.8. The number of nitrogens with zero attached hydrogens (tertiary/aromatic N) is 2. The average molecular weight is 422 g/mol. The van der Waals surface area contributed by atoms with Gasteiger partial charge < -0.3 is 24.4 Å². The van der Waals surface area contributed by atoms with Crippen LogP contribution in [0, 0.1) is 0 Å². The Labute approximate surface area is 181 Å². The van der Waals surface area contributed by atoms with E-state index in [0.717, 1.165) is 34.1 Å². The van der Waals surface area contributed by atoms with Crippen LogP contribution >= 0.6 is 12.2 Å². The fourth-order valence-corrected chi connectivity index (χ4v) is 3.38. The SMILES string of the molecule is COc1ccc(CNC(=S)N(Cc2ccc3c(c2)OCO3)Cc2ccccn2)cc1. The summed E-state index contributed by atoms with van der Waals surface area (Å²) in [5.41, 5.74) is 3.16. The van der Waals surface area contributed by atoms with Gasteiger partial charge in [-0.15, -0.1) is 0 Å². The van der Waals surface area contributed by atoms with Crippen molar-refractivity contribution in [2.24, 2.45) is 0 Å². The molecule has 0 radical (unpaired) electrons. The number of rotatable bonds is 7. The van der Waals surface area contributed by atoms with Crippen LogP contribution in [0.2, 0.25) is 0 Å². The molecule has 1 N–H and O–H groups in total. The van der Waals surface area contributed by atoms with E-state index in [9.17, 15) is 0 Å². The van der Waals surface area contributed by atoms with Gasteiger partial charge in [-0.25, -0.2) is 0 Å². The Morgan fingerprint density at radius 3 is 2.60 bits per heavy atom. The number of thiocarbonyl (C=S) groups is 1. The molecule has 0 saturated heterocycles. The molecule has 7 heteroatoms. The first-order valence-electron chi connectivity index (χ1n) is 9.65. The Balaban J connectivity index is 1.46. The summed E-state index contributed by atoms with van der Waals surface area (Å²) >= 11 is 5.73. The van der Waals surface area contributed by atoms with Gasteiger partial charge in [0.2, 0.25) is 6.79 Å². The summed E-state index contributed by atoms with van der Waals surface area (Å²) in [5.74, 6) is 2.37. The number of nitrogens with one attached hydrogen (secondary N) is 1. The third kappa shape index (κ3) is 4.99. The van der Waals surface area contributed by atoms with Gasteiger partial charge in [0.25, 0.3) is 0 Å². The van der Waals surface area contributed by atoms with Gasteiger partial charge >= 0.3 is 0 Å². The van der Waals surface area contributed by atoms with Crippen LogP contribution in [0.1, 0.15) is 16.8 Å². The normalized spacial score (nSPS) is 11.8. The maximum atomic E-state index is 5.73. The van der Waals surface area contributed by atoms with Crippen LogP contribution in [-0.2, 0) is 19.6 Å². The molecule has 1 aliphatic heterocycles. The molecule has 0 fully saturated rings. The van der Waals surface area contributed by atoms with Crippen molar-refractivity contribution < 1.29 is 14.2 Å². The van der Waals surface area contributed by atoms with E-state index in [4.69, 9.17) is 26.4 Å². The maximum absolute atomic E-state index is 5.73. The van der Waals surface area contributed by atoms with E-state index < -0.39 is 0 Å². The van der Waals surface area contributed by atoms with Crippen molar-refractivity contribution in [1.29, 1.82) is 0 Å². The molecule has 1 aliphatic rings. The van der Waals surface area contributed by atoms with Gasteiger partial charge in [-0.2, -0.15) is 0 Å². The minimum Gasteiger partial charge on any atom is -0.497 e. The largest absolute Gasteiger partial charge is 0.497 e. The molecule has 1 aromatic heterocycles. The van der Waals surface area contributed by atoms with E-state index in [2.05, 4.69) is 15.2 Å². The second-order valence-corrected chi connectivity index (χ2v) is 7.26. The molecule has 0 atom stereocenters. The summed E-state index contributed by atoms with van der Waals surface area (Å²) < 4.78 is 16.1. The molecule has 0 saturated carbocycles. The van der Waals surface area contributed by atoms with E-state index >= 15 is 0 Å². The summed E-state index contributed by atoms with van der Waals surface area (Å²) in [6.07, 6.45) is 1.79. The van der Waals surface area contributed by atoms with Crippen LogP contribution in [0.15, 0.2) is 66.9 Å². The van der Waals surface area contributed by atoms with Crippen LogP contribution in [0.4, 0.5) is 0 Å². The summed E-state index contributed by atoms with van der Waals surface area (Å²) in [7, 11) is 1.66. The molecule has 0 aliphatic carbocycles. The zero-order valence-electron chi connectivity index (χ0n) is 16.7. The second kappa shape index (κ2) is 9.45.